The van der Waals surface area contributed by atoms with E-state index in [1.165, 1.54) is 20.4 Å². The van der Waals surface area contributed by atoms with Gasteiger partial charge in [-0.1, -0.05) is 29.3 Å². The molecule has 6 nitrogen and oxygen atoms in total. The lowest BCUT2D eigenvalue weighted by Crippen LogP contribution is -2.11. The number of phenolic OH excluding ortho intramolecular Hbond substituents is 1. The summed E-state index contributed by atoms with van der Waals surface area (Å²) in [7, 11) is 3.02. The van der Waals surface area contributed by atoms with Gasteiger partial charge in [0, 0.05) is 28.7 Å². The number of nitrogens with zero attached hydrogens (tertiary/aromatic N) is 1. The molecule has 0 saturated carbocycles. The van der Waals surface area contributed by atoms with Gasteiger partial charge in [-0.3, -0.25) is 9.79 Å². The molecule has 0 fully saturated rings. The first kappa shape index (κ1) is 20.8. The normalized spacial score (nSPS) is 10.8. The van der Waals surface area contributed by atoms with E-state index < -0.39 is 0 Å². The van der Waals surface area contributed by atoms with Crippen molar-refractivity contribution in [2.45, 2.75) is 26.2 Å². The Bertz CT molecular complexity index is 837. The summed E-state index contributed by atoms with van der Waals surface area (Å²) < 4.78 is 11.3. The van der Waals surface area contributed by atoms with Gasteiger partial charge in [0.1, 0.15) is 5.75 Å². The summed E-state index contributed by atoms with van der Waals surface area (Å²) in [5, 5.41) is 13.0. The van der Waals surface area contributed by atoms with Crippen molar-refractivity contribution in [2.75, 3.05) is 19.5 Å². The average Bonchev–Trinajstić information content (AvgIpc) is 2.67. The molecule has 0 bridgehead atoms. The Morgan fingerprint density at radius 2 is 1.96 bits per heavy atom. The molecule has 0 saturated heterocycles. The Labute approximate surface area is 167 Å². The van der Waals surface area contributed by atoms with E-state index in [2.05, 4.69) is 26.2 Å². The lowest BCUT2D eigenvalue weighted by atomic mass is 10.2. The van der Waals surface area contributed by atoms with Crippen molar-refractivity contribution >= 4 is 39.4 Å². The lowest BCUT2D eigenvalue weighted by Gasteiger charge is -2.11. The number of nitrogens with one attached hydrogen (secondary N) is 1. The van der Waals surface area contributed by atoms with Crippen LogP contribution in [0.25, 0.3) is 0 Å². The number of hydrogen-bond acceptors (Lipinski definition) is 5. The molecule has 2 aromatic carbocycles. The van der Waals surface area contributed by atoms with E-state index in [9.17, 15) is 9.90 Å². The zero-order chi connectivity index (χ0) is 19.8. The van der Waals surface area contributed by atoms with Gasteiger partial charge in [-0.25, -0.2) is 0 Å². The van der Waals surface area contributed by atoms with Crippen molar-refractivity contribution in [2.24, 2.45) is 4.99 Å². The minimum Gasteiger partial charge on any atom is -0.504 e. The van der Waals surface area contributed by atoms with Crippen LogP contribution in [0, 0.1) is 0 Å². The summed E-state index contributed by atoms with van der Waals surface area (Å²) in [6.45, 7) is 2.04. The number of carbonyl (C=O) groups is 1. The molecule has 0 aliphatic rings. The first-order valence-electron chi connectivity index (χ1n) is 8.57. The Kier molecular flexibility index (Phi) is 7.67. The van der Waals surface area contributed by atoms with Crippen LogP contribution in [0.1, 0.15) is 31.7 Å². The van der Waals surface area contributed by atoms with E-state index in [0.717, 1.165) is 17.3 Å². The number of hydrogen-bond donors (Lipinski definition) is 2. The molecule has 0 radical (unpaired) electrons. The van der Waals surface area contributed by atoms with Gasteiger partial charge in [0.05, 0.1) is 25.6 Å². The third-order valence-electron chi connectivity index (χ3n) is 3.86. The molecule has 0 atom stereocenters. The maximum absolute atomic E-state index is 11.9. The second-order valence-corrected chi connectivity index (χ2v) is 6.76. The third-order valence-corrected chi connectivity index (χ3v) is 4.32. The van der Waals surface area contributed by atoms with E-state index in [-0.39, 0.29) is 11.7 Å². The lowest BCUT2D eigenvalue weighted by molar-refractivity contribution is -0.116. The number of rotatable bonds is 8. The van der Waals surface area contributed by atoms with Crippen LogP contribution >= 0.6 is 15.9 Å². The van der Waals surface area contributed by atoms with Crippen molar-refractivity contribution < 1.29 is 19.4 Å². The highest BCUT2D eigenvalue weighted by Crippen LogP contribution is 2.34. The van der Waals surface area contributed by atoms with Gasteiger partial charge in [0.25, 0.3) is 0 Å². The number of aromatic hydroxyl groups is 1. The van der Waals surface area contributed by atoms with E-state index in [0.29, 0.717) is 34.9 Å². The fourth-order valence-corrected chi connectivity index (χ4v) is 2.86. The molecule has 144 valence electrons. The molecule has 2 rings (SSSR count). The van der Waals surface area contributed by atoms with Gasteiger partial charge >= 0.3 is 0 Å². The Morgan fingerprint density at radius 3 is 2.63 bits per heavy atom. The standard InChI is InChI=1S/C20H23BrN2O4/c1-4-5-6-19(24)23-16-8-7-15(11-17(16)26-2)22-12-13-9-14(21)10-18(27-3)20(13)25/h7-12,25H,4-6H2,1-3H3,(H,23,24). The summed E-state index contributed by atoms with van der Waals surface area (Å²) in [5.41, 5.74) is 1.73. The van der Waals surface area contributed by atoms with E-state index >= 15 is 0 Å². The SMILES string of the molecule is CCCCC(=O)Nc1ccc(N=Cc2cc(Br)cc(OC)c2O)cc1OC. The predicted octanol–water partition coefficient (Wildman–Crippen LogP) is 5.05. The van der Waals surface area contributed by atoms with E-state index in [4.69, 9.17) is 9.47 Å². The van der Waals surface area contributed by atoms with Crippen molar-refractivity contribution in [3.63, 3.8) is 0 Å². The Balaban J connectivity index is 2.22. The van der Waals surface area contributed by atoms with Gasteiger partial charge in [-0.15, -0.1) is 0 Å². The largest absolute Gasteiger partial charge is 0.504 e. The number of anilines is 1. The smallest absolute Gasteiger partial charge is 0.224 e. The number of ether oxygens (including phenoxy) is 2. The highest BCUT2D eigenvalue weighted by molar-refractivity contribution is 9.10. The van der Waals surface area contributed by atoms with Crippen LogP contribution in [0.5, 0.6) is 17.2 Å². The van der Waals surface area contributed by atoms with Gasteiger partial charge in [0.15, 0.2) is 11.5 Å². The fourth-order valence-electron chi connectivity index (χ4n) is 2.41. The summed E-state index contributed by atoms with van der Waals surface area (Å²) in [6.07, 6.45) is 3.82. The summed E-state index contributed by atoms with van der Waals surface area (Å²) >= 11 is 3.37. The Hall–Kier alpha value is -2.54. The molecule has 0 aliphatic carbocycles. The van der Waals surface area contributed by atoms with Crippen LogP contribution in [0.15, 0.2) is 39.8 Å². The molecular weight excluding hydrogens is 412 g/mol. The second-order valence-electron chi connectivity index (χ2n) is 5.84. The summed E-state index contributed by atoms with van der Waals surface area (Å²) in [5.74, 6) is 0.841. The minimum atomic E-state index is -0.0439. The summed E-state index contributed by atoms with van der Waals surface area (Å²) in [6, 6.07) is 8.64. The molecule has 0 heterocycles. The Morgan fingerprint density at radius 1 is 1.22 bits per heavy atom. The third kappa shape index (κ3) is 5.72. The topological polar surface area (TPSA) is 80.2 Å². The van der Waals surface area contributed by atoms with Crippen molar-refractivity contribution in [1.29, 1.82) is 0 Å². The maximum atomic E-state index is 11.9. The molecule has 0 aromatic heterocycles. The number of amides is 1. The van der Waals surface area contributed by atoms with E-state index in [1.54, 1.807) is 30.3 Å². The zero-order valence-electron chi connectivity index (χ0n) is 15.6. The van der Waals surface area contributed by atoms with Gasteiger partial charge in [0.2, 0.25) is 5.91 Å². The fraction of sp³-hybridized carbons (Fsp3) is 0.300. The number of halogens is 1. The number of aliphatic imine (C=N–C) groups is 1. The van der Waals surface area contributed by atoms with Crippen molar-refractivity contribution in [1.82, 2.24) is 0 Å². The number of unbranched alkanes of at least 4 members (excludes halogenated alkanes) is 1. The molecule has 0 unspecified atom stereocenters. The van der Waals surface area contributed by atoms with Crippen LogP contribution in [0.2, 0.25) is 0 Å². The highest BCUT2D eigenvalue weighted by atomic mass is 79.9. The van der Waals surface area contributed by atoms with Crippen molar-refractivity contribution in [3.05, 3.63) is 40.4 Å². The molecule has 0 spiro atoms. The van der Waals surface area contributed by atoms with Crippen LogP contribution < -0.4 is 14.8 Å². The van der Waals surface area contributed by atoms with Crippen LogP contribution in [0.3, 0.4) is 0 Å². The molecule has 0 aliphatic heterocycles. The molecule has 1 amide bonds. The monoisotopic (exact) mass is 434 g/mol. The number of carbonyl (C=O) groups excluding carboxylic acids is 1. The van der Waals surface area contributed by atoms with Gasteiger partial charge in [-0.05, 0) is 30.7 Å². The van der Waals surface area contributed by atoms with Crippen LogP contribution in [-0.2, 0) is 4.79 Å². The predicted molar refractivity (Wildman–Crippen MR) is 111 cm³/mol. The van der Waals surface area contributed by atoms with E-state index in [1.807, 2.05) is 6.92 Å². The number of methoxy groups -OCH3 is 2. The first-order valence-corrected chi connectivity index (χ1v) is 9.36. The molecule has 7 heteroatoms. The maximum Gasteiger partial charge on any atom is 0.224 e. The first-order chi connectivity index (χ1) is 13.0. The molecule has 2 N–H and O–H groups in total. The minimum absolute atomic E-state index is 0.0104. The highest BCUT2D eigenvalue weighted by Gasteiger charge is 2.10. The van der Waals surface area contributed by atoms with Gasteiger partial charge in [-0.2, -0.15) is 0 Å². The molecular formula is C20H23BrN2O4. The molecule has 2 aromatic rings. The second kappa shape index (κ2) is 9.97. The number of phenols is 1. The quantitative estimate of drug-likeness (QED) is 0.569. The number of benzene rings is 2. The zero-order valence-corrected chi connectivity index (χ0v) is 17.2. The van der Waals surface area contributed by atoms with Crippen molar-refractivity contribution in [3.8, 4) is 17.2 Å². The summed E-state index contributed by atoms with van der Waals surface area (Å²) in [4.78, 5) is 16.3. The average molecular weight is 435 g/mol. The van der Waals surface area contributed by atoms with Crippen LogP contribution in [0.4, 0.5) is 11.4 Å². The molecule has 27 heavy (non-hydrogen) atoms. The van der Waals surface area contributed by atoms with Gasteiger partial charge < -0.3 is 19.9 Å². The van der Waals surface area contributed by atoms with Crippen LogP contribution in [-0.4, -0.2) is 31.4 Å².